The predicted octanol–water partition coefficient (Wildman–Crippen LogP) is 0.768. The monoisotopic (exact) mass is 578 g/mol. The van der Waals surface area contributed by atoms with Crippen LogP contribution in [0.1, 0.15) is 22.3 Å². The number of benzene rings is 1. The van der Waals surface area contributed by atoms with Gasteiger partial charge in [0.1, 0.15) is 35.3 Å². The highest BCUT2D eigenvalue weighted by atomic mass is 16.5. The van der Waals surface area contributed by atoms with Gasteiger partial charge in [-0.05, 0) is 62.2 Å². The number of primary amides is 1. The number of fused-ring (bicyclic) bond motifs is 3. The number of carbonyl (C=O) groups excluding carboxylic acids is 4. The second-order valence-corrected chi connectivity index (χ2v) is 10.9. The molecule has 3 aliphatic carbocycles. The summed E-state index contributed by atoms with van der Waals surface area (Å²) in [5, 5.41) is 47.3. The van der Waals surface area contributed by atoms with E-state index >= 15 is 0 Å². The van der Waals surface area contributed by atoms with Crippen molar-refractivity contribution in [1.82, 2.24) is 9.88 Å². The molecular weight excluding hydrogens is 548 g/mol. The lowest BCUT2D eigenvalue weighted by molar-refractivity contribution is -0.148. The van der Waals surface area contributed by atoms with Gasteiger partial charge in [-0.15, -0.1) is 0 Å². The van der Waals surface area contributed by atoms with Crippen LogP contribution in [0.15, 0.2) is 53.1 Å². The third-order valence-electron chi connectivity index (χ3n) is 8.22. The number of hydrogen-bond donors (Lipinski definition) is 6. The molecule has 1 heterocycles. The molecule has 0 radical (unpaired) electrons. The van der Waals surface area contributed by atoms with Crippen LogP contribution in [0.2, 0.25) is 0 Å². The van der Waals surface area contributed by atoms with Crippen LogP contribution >= 0.6 is 0 Å². The molecule has 5 rings (SSSR count). The number of hydrogen-bond acceptors (Lipinski definition) is 11. The maximum absolute atomic E-state index is 13.9. The summed E-state index contributed by atoms with van der Waals surface area (Å²) in [7, 11) is 4.53. The van der Waals surface area contributed by atoms with Crippen LogP contribution < -0.4 is 11.1 Å². The number of likely N-dealkylation sites (N-methyl/N-ethyl adjacent to an activating group) is 1. The summed E-state index contributed by atoms with van der Waals surface area (Å²) < 4.78 is 4.80. The fourth-order valence-electron chi connectivity index (χ4n) is 6.46. The Kier molecular flexibility index (Phi) is 7.13. The van der Waals surface area contributed by atoms with E-state index < -0.39 is 58.0 Å². The summed E-state index contributed by atoms with van der Waals surface area (Å²) in [6.45, 7) is -0.144. The number of carbonyl (C=O) groups is 4. The Hall–Kier alpha value is -4.59. The van der Waals surface area contributed by atoms with Crippen molar-refractivity contribution in [1.29, 1.82) is 0 Å². The molecular formula is C29H30N4O9. The number of nitrogens with two attached hydrogens (primary N) is 1. The van der Waals surface area contributed by atoms with Crippen LogP contribution in [-0.4, -0.2) is 93.1 Å². The minimum absolute atomic E-state index is 0.0242. The number of nitrogens with one attached hydrogen (secondary N) is 1. The van der Waals surface area contributed by atoms with Gasteiger partial charge in [0.15, 0.2) is 11.4 Å². The molecule has 3 aliphatic rings. The molecule has 0 fully saturated rings. The van der Waals surface area contributed by atoms with E-state index in [9.17, 15) is 39.6 Å². The summed E-state index contributed by atoms with van der Waals surface area (Å²) in [4.78, 5) is 57.0. The first-order chi connectivity index (χ1) is 19.8. The number of phenols is 1. The average molecular weight is 579 g/mol. The van der Waals surface area contributed by atoms with Gasteiger partial charge in [-0.3, -0.25) is 24.1 Å². The first-order valence-corrected chi connectivity index (χ1v) is 13.1. The van der Waals surface area contributed by atoms with Crippen molar-refractivity contribution in [3.63, 3.8) is 0 Å². The smallest absolute Gasteiger partial charge is 0.255 e. The molecule has 0 saturated heterocycles. The maximum Gasteiger partial charge on any atom is 0.255 e. The highest BCUT2D eigenvalue weighted by molar-refractivity contribution is 6.25. The molecule has 13 nitrogen and oxygen atoms in total. The van der Waals surface area contributed by atoms with E-state index in [0.717, 1.165) is 0 Å². The Morgan fingerprint density at radius 3 is 2.48 bits per heavy atom. The molecule has 2 amide bonds. The van der Waals surface area contributed by atoms with Gasteiger partial charge in [-0.25, -0.2) is 4.98 Å². The van der Waals surface area contributed by atoms with Gasteiger partial charge in [0, 0.05) is 30.4 Å². The molecule has 13 heteroatoms. The van der Waals surface area contributed by atoms with Crippen molar-refractivity contribution in [3.8, 4) is 16.9 Å². The van der Waals surface area contributed by atoms with Gasteiger partial charge in [0.2, 0.25) is 5.78 Å². The Bertz CT molecular complexity index is 1590. The quantitative estimate of drug-likeness (QED) is 0.263. The van der Waals surface area contributed by atoms with E-state index in [1.54, 1.807) is 32.3 Å². The Balaban J connectivity index is 1.61. The molecule has 1 aromatic heterocycles. The second kappa shape index (κ2) is 10.4. The third kappa shape index (κ3) is 4.24. The van der Waals surface area contributed by atoms with Crippen LogP contribution in [0, 0.1) is 11.8 Å². The van der Waals surface area contributed by atoms with Crippen LogP contribution in [-0.2, 0) is 25.5 Å². The normalized spacial score (nSPS) is 25.2. The number of Topliss-reactive ketones (excluding diaryl/α,β-unsaturated/α-hetero) is 2. The van der Waals surface area contributed by atoms with Crippen LogP contribution in [0.5, 0.6) is 5.75 Å². The SMILES string of the molecule is COCC(=O)Nc1ccc(-c2ccc(O)c3c2C[C@H]2C[C@H]4[C@H](N(C)C)C(O)=C(C(N)=O)C(=O)[C@@]4(O)C(O)=C2C3=O)cn1. The van der Waals surface area contributed by atoms with E-state index in [2.05, 4.69) is 10.3 Å². The number of ether oxygens (including phenoxy) is 1. The zero-order valence-electron chi connectivity index (χ0n) is 23.0. The number of phenolic OH excluding ortho intramolecular Hbond substituents is 1. The lowest BCUT2D eigenvalue weighted by Crippen LogP contribution is -2.63. The Morgan fingerprint density at radius 2 is 1.88 bits per heavy atom. The number of amides is 2. The van der Waals surface area contributed by atoms with Crippen molar-refractivity contribution in [2.45, 2.75) is 24.5 Å². The number of anilines is 1. The molecule has 0 unspecified atom stereocenters. The van der Waals surface area contributed by atoms with Gasteiger partial charge in [0.05, 0.1) is 11.6 Å². The number of nitrogens with zero attached hydrogens (tertiary/aromatic N) is 2. The van der Waals surface area contributed by atoms with Crippen molar-refractivity contribution >= 4 is 29.2 Å². The fourth-order valence-corrected chi connectivity index (χ4v) is 6.46. The summed E-state index contributed by atoms with van der Waals surface area (Å²) in [5.74, 6) is -7.21. The van der Waals surface area contributed by atoms with E-state index in [4.69, 9.17) is 10.5 Å². The topological polar surface area (TPSA) is 213 Å². The maximum atomic E-state index is 13.9. The minimum Gasteiger partial charge on any atom is -0.510 e. The first kappa shape index (κ1) is 28.9. The van der Waals surface area contributed by atoms with Crippen molar-refractivity contribution in [2.24, 2.45) is 17.6 Å². The van der Waals surface area contributed by atoms with Crippen LogP contribution in [0.4, 0.5) is 5.82 Å². The van der Waals surface area contributed by atoms with Crippen LogP contribution in [0.25, 0.3) is 11.1 Å². The summed E-state index contributed by atoms with van der Waals surface area (Å²) in [6.07, 6.45) is 1.60. The van der Waals surface area contributed by atoms with Gasteiger partial charge >= 0.3 is 0 Å². The van der Waals surface area contributed by atoms with Gasteiger partial charge in [-0.1, -0.05) is 6.07 Å². The second-order valence-electron chi connectivity index (χ2n) is 10.9. The minimum atomic E-state index is -2.70. The molecule has 4 atom stereocenters. The lowest BCUT2D eigenvalue weighted by atomic mass is 9.58. The van der Waals surface area contributed by atoms with Gasteiger partial charge in [-0.2, -0.15) is 0 Å². The largest absolute Gasteiger partial charge is 0.510 e. The highest BCUT2D eigenvalue weighted by Crippen LogP contribution is 2.53. The number of pyridine rings is 1. The zero-order chi connectivity index (χ0) is 30.7. The fraction of sp³-hybridized carbons (Fsp3) is 0.345. The standard InChI is InChI=1S/C29H30N4O9/c1-33(2)23-16-9-13-8-15-14(12-4-7-18(31-10-12)32-19(35)11-42-3)5-6-17(34)21(15)24(36)20(13)26(38)29(16,41)27(39)22(25(23)37)28(30)40/h4-7,10,13,16,23,34,37-38,41H,8-9,11H2,1-3H3,(H2,30,40)(H,31,32,35)/t13-,16-,23-,29-/m0/s1. The third-order valence-corrected chi connectivity index (χ3v) is 8.22. The molecule has 220 valence electrons. The predicted molar refractivity (Wildman–Crippen MR) is 147 cm³/mol. The summed E-state index contributed by atoms with van der Waals surface area (Å²) in [5.41, 5.74) is 3.07. The number of rotatable bonds is 6. The number of aliphatic hydroxyl groups is 3. The molecule has 0 saturated carbocycles. The molecule has 42 heavy (non-hydrogen) atoms. The summed E-state index contributed by atoms with van der Waals surface area (Å²) >= 11 is 0. The lowest BCUT2D eigenvalue weighted by Gasteiger charge is -2.50. The number of aliphatic hydroxyl groups excluding tert-OH is 2. The van der Waals surface area contributed by atoms with E-state index in [1.807, 2.05) is 0 Å². The number of methoxy groups -OCH3 is 1. The number of aromatic hydroxyl groups is 1. The summed E-state index contributed by atoms with van der Waals surface area (Å²) in [6, 6.07) is 5.12. The molecule has 0 bridgehead atoms. The van der Waals surface area contributed by atoms with E-state index in [-0.39, 0.29) is 48.1 Å². The Morgan fingerprint density at radius 1 is 1.17 bits per heavy atom. The van der Waals surface area contributed by atoms with Crippen molar-refractivity contribution in [2.75, 3.05) is 33.1 Å². The number of aromatic nitrogens is 1. The highest BCUT2D eigenvalue weighted by Gasteiger charge is 2.63. The van der Waals surface area contributed by atoms with E-state index in [1.165, 1.54) is 24.3 Å². The number of ketones is 2. The van der Waals surface area contributed by atoms with Crippen LogP contribution in [0.3, 0.4) is 0 Å². The average Bonchev–Trinajstić information content (AvgIpc) is 2.91. The Labute approximate surface area is 239 Å². The van der Waals surface area contributed by atoms with Crippen molar-refractivity contribution in [3.05, 3.63) is 64.3 Å². The van der Waals surface area contributed by atoms with Crippen molar-refractivity contribution < 1.29 is 44.3 Å². The molecule has 7 N–H and O–H groups in total. The molecule has 1 aromatic carbocycles. The first-order valence-electron chi connectivity index (χ1n) is 13.1. The molecule has 2 aromatic rings. The number of allylic oxidation sites excluding steroid dienone is 1. The van der Waals surface area contributed by atoms with E-state index in [0.29, 0.717) is 16.7 Å². The van der Waals surface area contributed by atoms with Gasteiger partial charge < -0.3 is 36.2 Å². The molecule has 0 spiro atoms. The van der Waals surface area contributed by atoms with Gasteiger partial charge in [0.25, 0.3) is 11.8 Å². The zero-order valence-corrected chi connectivity index (χ0v) is 23.0. The molecule has 0 aliphatic heterocycles.